The molecule has 0 spiro atoms. The molecule has 9 nitrogen and oxygen atoms in total. The number of aromatic nitrogens is 2. The Morgan fingerprint density at radius 3 is 2.84 bits per heavy atom. The van der Waals surface area contributed by atoms with Crippen LogP contribution in [-0.4, -0.2) is 56.2 Å². The van der Waals surface area contributed by atoms with Gasteiger partial charge >= 0.3 is 11.7 Å². The minimum absolute atomic E-state index is 0.451. The summed E-state index contributed by atoms with van der Waals surface area (Å²) in [5.41, 5.74) is 0.131. The van der Waals surface area contributed by atoms with Crippen LogP contribution in [0.2, 0.25) is 0 Å². The highest BCUT2D eigenvalue weighted by molar-refractivity contribution is 5.75. The predicted molar refractivity (Wildman–Crippen MR) is 84.6 cm³/mol. The Labute approximate surface area is 146 Å². The van der Waals surface area contributed by atoms with E-state index in [1.807, 2.05) is 4.98 Å². The summed E-state index contributed by atoms with van der Waals surface area (Å²) in [5.74, 6) is -1.73. The highest BCUT2D eigenvalue weighted by atomic mass is 19.1. The summed E-state index contributed by atoms with van der Waals surface area (Å²) in [5, 5.41) is 20.4. The van der Waals surface area contributed by atoms with Gasteiger partial charge in [0.25, 0.3) is 5.56 Å². The minimum atomic E-state index is -3.48. The molecule has 0 radical (unpaired) electrons. The summed E-state index contributed by atoms with van der Waals surface area (Å²) < 4.78 is 44.5. The maximum atomic E-state index is 15.5. The molecule has 1 saturated carbocycles. The molecular formula is C15H22FN3O6. The van der Waals surface area contributed by atoms with Crippen molar-refractivity contribution in [3.05, 3.63) is 33.1 Å². The molecule has 0 saturated heterocycles. The molecule has 1 heterocycles. The Balaban J connectivity index is 2.44. The van der Waals surface area contributed by atoms with Crippen LogP contribution in [0.1, 0.15) is 30.4 Å². The fraction of sp³-hybridized carbons (Fsp3) is 0.667. The van der Waals surface area contributed by atoms with Gasteiger partial charge in [-0.3, -0.25) is 19.1 Å². The van der Waals surface area contributed by atoms with Gasteiger partial charge in [-0.2, -0.15) is 0 Å². The van der Waals surface area contributed by atoms with Crippen molar-refractivity contribution in [2.75, 3.05) is 6.56 Å². The number of carbonyl (C=O) groups is 1. The summed E-state index contributed by atoms with van der Waals surface area (Å²) in [7, 11) is 0. The summed E-state index contributed by atoms with van der Waals surface area (Å²) >= 11 is 0. The number of nitrogens with two attached hydrogens (primary N) is 1. The van der Waals surface area contributed by atoms with Crippen LogP contribution in [0, 0.1) is 5.92 Å². The molecule has 10 heteroatoms. The lowest BCUT2D eigenvalue weighted by Crippen LogP contribution is -2.45. The number of nitrogens with zero attached hydrogens (tertiary/aromatic N) is 1. The molecule has 0 bridgehead atoms. The predicted octanol–water partition coefficient (Wildman–Crippen LogP) is -1.56. The van der Waals surface area contributed by atoms with E-state index in [1.54, 1.807) is 13.8 Å². The van der Waals surface area contributed by atoms with Gasteiger partial charge < -0.3 is 20.7 Å². The van der Waals surface area contributed by atoms with E-state index >= 15 is 4.39 Å². The van der Waals surface area contributed by atoms with E-state index in [-0.39, 0.29) is 0 Å². The van der Waals surface area contributed by atoms with Crippen LogP contribution in [0.3, 0.4) is 0 Å². The molecule has 0 aliphatic heterocycles. The van der Waals surface area contributed by atoms with Gasteiger partial charge in [-0.15, -0.1) is 0 Å². The number of carbonyl (C=O) groups excluding carboxylic acids is 1. The van der Waals surface area contributed by atoms with E-state index in [9.17, 15) is 24.6 Å². The van der Waals surface area contributed by atoms with Crippen molar-refractivity contribution >= 4 is 5.97 Å². The lowest BCUT2D eigenvalue weighted by atomic mass is 10.0. The smallest absolute Gasteiger partial charge is 0.328 e. The summed E-state index contributed by atoms with van der Waals surface area (Å²) in [4.78, 5) is 36.9. The van der Waals surface area contributed by atoms with Gasteiger partial charge in [-0.1, -0.05) is 13.8 Å². The quantitative estimate of drug-likeness (QED) is 0.463. The first kappa shape index (κ1) is 15.2. The van der Waals surface area contributed by atoms with Crippen molar-refractivity contribution in [2.24, 2.45) is 11.7 Å². The van der Waals surface area contributed by atoms with Gasteiger partial charge in [0.1, 0.15) is 24.8 Å². The Kier molecular flexibility index (Phi) is 4.30. The van der Waals surface area contributed by atoms with Crippen molar-refractivity contribution in [3.8, 4) is 0 Å². The highest BCUT2D eigenvalue weighted by Crippen LogP contribution is 2.40. The van der Waals surface area contributed by atoms with Crippen molar-refractivity contribution in [1.29, 1.82) is 0 Å². The number of nitrogens with one attached hydrogen (secondary N) is 1. The number of ether oxygens (including phenoxy) is 1. The van der Waals surface area contributed by atoms with E-state index < -0.39 is 66.1 Å². The van der Waals surface area contributed by atoms with Crippen LogP contribution in [-0.2, 0) is 9.53 Å². The maximum Gasteiger partial charge on any atom is 0.328 e. The standard InChI is InChI=1S/C15H22FN3O6/c1-7(2)10(17)13(23)25-6-15(16)5-8(11(21)12(15)22)19-4-3-9(20)18-14(19)24/h3-4,7-8,10-12,21-22H,5-6,17H2,1-2H3,(H,18,20,24)/t8-,10+,11+,12+,15+/m1/s1/i6D2,8D. The number of esters is 1. The van der Waals surface area contributed by atoms with Crippen LogP contribution in [0.4, 0.5) is 4.39 Å². The second-order valence-electron chi connectivity index (χ2n) is 6.19. The van der Waals surface area contributed by atoms with E-state index in [0.717, 1.165) is 12.3 Å². The van der Waals surface area contributed by atoms with Crippen molar-refractivity contribution in [2.45, 2.75) is 50.2 Å². The van der Waals surface area contributed by atoms with E-state index in [2.05, 4.69) is 4.74 Å². The molecule has 140 valence electrons. The van der Waals surface area contributed by atoms with Crippen molar-refractivity contribution < 1.29 is 28.2 Å². The molecular weight excluding hydrogens is 337 g/mol. The molecule has 25 heavy (non-hydrogen) atoms. The largest absolute Gasteiger partial charge is 0.461 e. The Hall–Kier alpha value is -2.04. The number of H-pyrrole nitrogens is 1. The first-order valence-corrected chi connectivity index (χ1v) is 7.53. The van der Waals surface area contributed by atoms with Crippen molar-refractivity contribution in [3.63, 3.8) is 0 Å². The third-order valence-electron chi connectivity index (χ3n) is 3.99. The molecule has 1 aliphatic rings. The third kappa shape index (κ3) is 3.80. The number of rotatable bonds is 5. The second-order valence-corrected chi connectivity index (χ2v) is 6.19. The van der Waals surface area contributed by atoms with Gasteiger partial charge in [0.05, 0.1) is 10.1 Å². The molecule has 1 fully saturated rings. The molecule has 1 aliphatic carbocycles. The molecule has 2 rings (SSSR count). The molecule has 0 aromatic carbocycles. The molecule has 0 unspecified atom stereocenters. The average molecular weight is 362 g/mol. The van der Waals surface area contributed by atoms with Gasteiger partial charge in [0.2, 0.25) is 0 Å². The minimum Gasteiger partial charge on any atom is -0.461 e. The first-order chi connectivity index (χ1) is 12.7. The summed E-state index contributed by atoms with van der Waals surface area (Å²) in [6.07, 6.45) is -5.26. The number of aliphatic hydroxyl groups is 2. The van der Waals surface area contributed by atoms with Gasteiger partial charge in [0, 0.05) is 18.7 Å². The fourth-order valence-electron chi connectivity index (χ4n) is 2.35. The van der Waals surface area contributed by atoms with Crippen molar-refractivity contribution in [1.82, 2.24) is 9.55 Å². The number of halogens is 1. The molecule has 0 amide bonds. The number of aromatic amines is 1. The first-order valence-electron chi connectivity index (χ1n) is 9.03. The maximum absolute atomic E-state index is 15.5. The van der Waals surface area contributed by atoms with Gasteiger partial charge in [-0.05, 0) is 5.92 Å². The number of hydrogen-bond donors (Lipinski definition) is 4. The van der Waals surface area contributed by atoms with E-state index in [0.29, 0.717) is 4.57 Å². The zero-order chi connectivity index (χ0) is 21.7. The fourth-order valence-corrected chi connectivity index (χ4v) is 2.35. The van der Waals surface area contributed by atoms with E-state index in [1.165, 1.54) is 0 Å². The number of aliphatic hydroxyl groups excluding tert-OH is 2. The van der Waals surface area contributed by atoms with Crippen LogP contribution >= 0.6 is 0 Å². The number of alkyl halides is 1. The van der Waals surface area contributed by atoms with Crippen LogP contribution in [0.5, 0.6) is 0 Å². The zero-order valence-corrected chi connectivity index (χ0v) is 13.6. The van der Waals surface area contributed by atoms with Crippen LogP contribution < -0.4 is 17.0 Å². The van der Waals surface area contributed by atoms with Crippen LogP contribution in [0.15, 0.2) is 21.9 Å². The zero-order valence-electron chi connectivity index (χ0n) is 16.6. The average Bonchev–Trinajstić information content (AvgIpc) is 2.75. The van der Waals surface area contributed by atoms with Gasteiger partial charge in [0.15, 0.2) is 5.67 Å². The third-order valence-corrected chi connectivity index (χ3v) is 3.99. The summed E-state index contributed by atoms with van der Waals surface area (Å²) in [6.45, 7) is -0.373. The van der Waals surface area contributed by atoms with E-state index in [4.69, 9.17) is 9.85 Å². The monoisotopic (exact) mass is 362 g/mol. The molecule has 5 N–H and O–H groups in total. The lowest BCUT2D eigenvalue weighted by molar-refractivity contribution is -0.155. The molecule has 5 atom stereocenters. The summed E-state index contributed by atoms with van der Waals surface area (Å²) in [6, 6.07) is -3.02. The Bertz CT molecular complexity index is 877. The lowest BCUT2D eigenvalue weighted by Gasteiger charge is -2.25. The number of hydrogen-bond acceptors (Lipinski definition) is 7. The topological polar surface area (TPSA) is 148 Å². The molecule has 1 aromatic heterocycles. The second kappa shape index (κ2) is 7.06. The Morgan fingerprint density at radius 2 is 2.28 bits per heavy atom. The highest BCUT2D eigenvalue weighted by Gasteiger charge is 2.55. The van der Waals surface area contributed by atoms with Gasteiger partial charge in [-0.25, -0.2) is 9.18 Å². The Morgan fingerprint density at radius 1 is 1.64 bits per heavy atom. The van der Waals surface area contributed by atoms with Crippen LogP contribution in [0.25, 0.3) is 0 Å². The normalized spacial score (nSPS) is 35.7. The SMILES string of the molecule is [2H]C([2H])(OC(=O)[C@@H](N)C(C)C)[C@@]1(F)C[C@@]([2H])(n2ccc(=O)[nH]c2=O)[C@H](O)[C@@H]1O. The molecule has 1 aromatic rings.